The van der Waals surface area contributed by atoms with E-state index in [1.807, 2.05) is 0 Å². The maximum atomic E-state index is 15.1. The molecular weight excluding hydrogens is 482 g/mol. The summed E-state index contributed by atoms with van der Waals surface area (Å²) in [7, 11) is 0. The summed E-state index contributed by atoms with van der Waals surface area (Å²) in [4.78, 5) is 22.7. The minimum Gasteiger partial charge on any atom is -0.492 e. The van der Waals surface area contributed by atoms with Crippen molar-refractivity contribution in [2.45, 2.75) is 25.9 Å². The molecule has 1 aliphatic rings. The Kier molecular flexibility index (Phi) is 8.67. The third kappa shape index (κ3) is 7.96. The zero-order valence-electron chi connectivity index (χ0n) is 21.0. The fourth-order valence-corrected chi connectivity index (χ4v) is 3.84. The number of hydrogen-bond acceptors (Lipinski definition) is 7. The second-order valence-corrected chi connectivity index (χ2v) is 9.38. The molecule has 4 rings (SSSR count). The number of urea groups is 1. The topological polar surface area (TPSA) is 101 Å². The molecule has 3 aromatic rings. The van der Waals surface area contributed by atoms with Crippen LogP contribution in [0.2, 0.25) is 0 Å². The number of amides is 2. The fourth-order valence-electron chi connectivity index (χ4n) is 3.84. The van der Waals surface area contributed by atoms with Crippen LogP contribution in [-0.2, 0) is 4.74 Å². The molecule has 0 spiro atoms. The Hall–Kier alpha value is -3.57. The summed E-state index contributed by atoms with van der Waals surface area (Å²) in [6.07, 6.45) is 1.58. The van der Waals surface area contributed by atoms with E-state index in [0.717, 1.165) is 19.6 Å². The van der Waals surface area contributed by atoms with Crippen molar-refractivity contribution in [2.75, 3.05) is 56.6 Å². The maximum Gasteiger partial charge on any atom is 0.319 e. The summed E-state index contributed by atoms with van der Waals surface area (Å²) in [5, 5.41) is 8.67. The van der Waals surface area contributed by atoms with Gasteiger partial charge in [-0.25, -0.2) is 23.5 Å². The summed E-state index contributed by atoms with van der Waals surface area (Å²) in [5.74, 6) is 0.231. The number of fused-ring (bicyclic) bond motifs is 1. The highest BCUT2D eigenvalue weighted by atomic mass is 19.1. The highest BCUT2D eigenvalue weighted by Gasteiger charge is 2.16. The SMILES string of the molecule is CC(C)(F)CCNC(=O)Nc1ccc(Nc2ncnc3cc(OCCN4CCOCC4)cc(F)c23)cc1. The summed E-state index contributed by atoms with van der Waals surface area (Å²) in [6, 6.07) is 9.47. The number of morpholine rings is 1. The largest absolute Gasteiger partial charge is 0.492 e. The molecule has 2 heterocycles. The van der Waals surface area contributed by atoms with Crippen LogP contribution in [-0.4, -0.2) is 72.6 Å². The second kappa shape index (κ2) is 12.1. The zero-order chi connectivity index (χ0) is 26.3. The third-order valence-electron chi connectivity index (χ3n) is 5.85. The first-order valence-corrected chi connectivity index (χ1v) is 12.2. The first-order chi connectivity index (χ1) is 17.8. The van der Waals surface area contributed by atoms with Crippen LogP contribution in [0.3, 0.4) is 0 Å². The van der Waals surface area contributed by atoms with Gasteiger partial charge in [0.15, 0.2) is 0 Å². The van der Waals surface area contributed by atoms with Crippen LogP contribution in [0.5, 0.6) is 5.75 Å². The van der Waals surface area contributed by atoms with Gasteiger partial charge in [-0.2, -0.15) is 0 Å². The van der Waals surface area contributed by atoms with E-state index in [-0.39, 0.29) is 18.4 Å². The maximum absolute atomic E-state index is 15.1. The molecule has 2 aromatic carbocycles. The first kappa shape index (κ1) is 26.5. The Labute approximate surface area is 214 Å². The van der Waals surface area contributed by atoms with Gasteiger partial charge in [-0.15, -0.1) is 0 Å². The number of hydrogen-bond donors (Lipinski definition) is 3. The molecule has 1 aromatic heterocycles. The Balaban J connectivity index is 1.35. The van der Waals surface area contributed by atoms with Crippen molar-refractivity contribution in [1.82, 2.24) is 20.2 Å². The van der Waals surface area contributed by atoms with Crippen molar-refractivity contribution >= 4 is 34.1 Å². The van der Waals surface area contributed by atoms with Crippen molar-refractivity contribution in [2.24, 2.45) is 0 Å². The molecular formula is C26H32F2N6O3. The predicted molar refractivity (Wildman–Crippen MR) is 139 cm³/mol. The van der Waals surface area contributed by atoms with Gasteiger partial charge in [0, 0.05) is 49.7 Å². The average Bonchev–Trinajstić information content (AvgIpc) is 2.85. The minimum atomic E-state index is -1.34. The van der Waals surface area contributed by atoms with E-state index in [2.05, 4.69) is 30.8 Å². The van der Waals surface area contributed by atoms with Gasteiger partial charge in [-0.1, -0.05) is 0 Å². The number of nitrogens with zero attached hydrogens (tertiary/aromatic N) is 3. The summed E-state index contributed by atoms with van der Waals surface area (Å²) in [6.45, 7) is 7.48. The highest BCUT2D eigenvalue weighted by molar-refractivity contribution is 5.92. The Morgan fingerprint density at radius 2 is 1.86 bits per heavy atom. The average molecular weight is 515 g/mol. The molecule has 0 atom stereocenters. The van der Waals surface area contributed by atoms with Gasteiger partial charge in [0.1, 0.15) is 36.0 Å². The number of ether oxygens (including phenoxy) is 2. The monoisotopic (exact) mass is 514 g/mol. The van der Waals surface area contributed by atoms with Crippen molar-refractivity contribution in [1.29, 1.82) is 0 Å². The lowest BCUT2D eigenvalue weighted by Crippen LogP contribution is -2.38. The molecule has 0 bridgehead atoms. The molecule has 198 valence electrons. The van der Waals surface area contributed by atoms with Gasteiger partial charge in [-0.05, 0) is 44.5 Å². The molecule has 1 aliphatic heterocycles. The Morgan fingerprint density at radius 3 is 2.59 bits per heavy atom. The van der Waals surface area contributed by atoms with Crippen LogP contribution >= 0.6 is 0 Å². The normalized spacial score (nSPS) is 14.4. The van der Waals surface area contributed by atoms with Gasteiger partial charge in [-0.3, -0.25) is 4.90 Å². The number of carbonyl (C=O) groups is 1. The van der Waals surface area contributed by atoms with E-state index < -0.39 is 17.5 Å². The fraction of sp³-hybridized carbons (Fsp3) is 0.423. The number of carbonyl (C=O) groups excluding carboxylic acids is 1. The van der Waals surface area contributed by atoms with E-state index in [1.54, 1.807) is 30.3 Å². The lowest BCUT2D eigenvalue weighted by molar-refractivity contribution is 0.0322. The molecule has 2 amide bonds. The summed E-state index contributed by atoms with van der Waals surface area (Å²) < 4.78 is 39.7. The standard InChI is InChI=1S/C26H32F2N6O3/c1-26(2,28)7-8-29-25(35)33-19-5-3-18(4-6-19)32-24-23-21(27)15-20(16-22(23)30-17-31-24)37-14-11-34-9-12-36-13-10-34/h3-6,15-17H,7-14H2,1-2H3,(H2,29,33,35)(H,30,31,32). The summed E-state index contributed by atoms with van der Waals surface area (Å²) in [5.41, 5.74) is 0.281. The Bertz CT molecular complexity index is 1200. The van der Waals surface area contributed by atoms with Crippen molar-refractivity contribution in [3.8, 4) is 5.75 Å². The van der Waals surface area contributed by atoms with Crippen LogP contribution < -0.4 is 20.7 Å². The van der Waals surface area contributed by atoms with E-state index in [4.69, 9.17) is 9.47 Å². The number of rotatable bonds is 10. The van der Waals surface area contributed by atoms with Crippen LogP contribution in [0.25, 0.3) is 10.9 Å². The van der Waals surface area contributed by atoms with Crippen molar-refractivity contribution in [3.05, 3.63) is 48.5 Å². The van der Waals surface area contributed by atoms with Gasteiger partial charge >= 0.3 is 6.03 Å². The zero-order valence-corrected chi connectivity index (χ0v) is 21.0. The van der Waals surface area contributed by atoms with Gasteiger partial charge < -0.3 is 25.4 Å². The van der Waals surface area contributed by atoms with Crippen molar-refractivity contribution < 1.29 is 23.0 Å². The molecule has 1 saturated heterocycles. The molecule has 0 saturated carbocycles. The van der Waals surface area contributed by atoms with Gasteiger partial charge in [0.2, 0.25) is 0 Å². The van der Waals surface area contributed by atoms with Crippen LogP contribution in [0.4, 0.5) is 30.8 Å². The molecule has 0 aliphatic carbocycles. The number of benzene rings is 2. The van der Waals surface area contributed by atoms with E-state index in [1.165, 1.54) is 26.2 Å². The first-order valence-electron chi connectivity index (χ1n) is 12.2. The number of nitrogens with one attached hydrogen (secondary N) is 3. The third-order valence-corrected chi connectivity index (χ3v) is 5.85. The number of alkyl halides is 1. The molecule has 11 heteroatoms. The number of anilines is 3. The van der Waals surface area contributed by atoms with E-state index in [0.29, 0.717) is 48.3 Å². The second-order valence-electron chi connectivity index (χ2n) is 9.38. The van der Waals surface area contributed by atoms with Crippen LogP contribution in [0.1, 0.15) is 20.3 Å². The molecule has 0 unspecified atom stereocenters. The lowest BCUT2D eigenvalue weighted by atomic mass is 10.1. The van der Waals surface area contributed by atoms with E-state index >= 15 is 4.39 Å². The van der Waals surface area contributed by atoms with Gasteiger partial charge in [0.25, 0.3) is 0 Å². The molecule has 0 radical (unpaired) electrons. The number of aromatic nitrogens is 2. The molecule has 1 fully saturated rings. The Morgan fingerprint density at radius 1 is 1.14 bits per heavy atom. The van der Waals surface area contributed by atoms with Crippen LogP contribution in [0, 0.1) is 5.82 Å². The van der Waals surface area contributed by atoms with Crippen LogP contribution in [0.15, 0.2) is 42.7 Å². The summed E-state index contributed by atoms with van der Waals surface area (Å²) >= 11 is 0. The number of halogens is 2. The molecule has 3 N–H and O–H groups in total. The van der Waals surface area contributed by atoms with E-state index in [9.17, 15) is 9.18 Å². The smallest absolute Gasteiger partial charge is 0.319 e. The highest BCUT2D eigenvalue weighted by Crippen LogP contribution is 2.29. The molecule has 37 heavy (non-hydrogen) atoms. The lowest BCUT2D eigenvalue weighted by Gasteiger charge is -2.26. The molecule has 9 nitrogen and oxygen atoms in total. The van der Waals surface area contributed by atoms with Gasteiger partial charge in [0.05, 0.1) is 24.1 Å². The minimum absolute atomic E-state index is 0.217. The van der Waals surface area contributed by atoms with Crippen molar-refractivity contribution in [3.63, 3.8) is 0 Å². The quantitative estimate of drug-likeness (QED) is 0.367. The predicted octanol–water partition coefficient (Wildman–Crippen LogP) is 4.48.